The zero-order valence-corrected chi connectivity index (χ0v) is 27.2. The molecule has 10 heteroatoms. The van der Waals surface area contributed by atoms with Crippen molar-refractivity contribution >= 4 is 29.4 Å². The van der Waals surface area contributed by atoms with Crippen molar-refractivity contribution in [1.82, 2.24) is 10.2 Å². The summed E-state index contributed by atoms with van der Waals surface area (Å²) in [4.78, 5) is 58.7. The Kier molecular flexibility index (Phi) is 10.6. The third kappa shape index (κ3) is 6.62. The summed E-state index contributed by atoms with van der Waals surface area (Å²) in [6, 6.07) is 14.0. The molecule has 5 rings (SSSR count). The first kappa shape index (κ1) is 34.1. The number of anilines is 1. The van der Waals surface area contributed by atoms with Crippen LogP contribution in [0.5, 0.6) is 0 Å². The number of likely N-dealkylation sites (tertiary alicyclic amines) is 1. The second-order valence-electron chi connectivity index (χ2n) is 12.7. The minimum atomic E-state index is -1.23. The third-order valence-corrected chi connectivity index (χ3v) is 9.59. The van der Waals surface area contributed by atoms with Gasteiger partial charge in [0.25, 0.3) is 5.91 Å². The van der Waals surface area contributed by atoms with Gasteiger partial charge in [0, 0.05) is 31.8 Å². The molecule has 0 unspecified atom stereocenters. The van der Waals surface area contributed by atoms with E-state index in [1.807, 2.05) is 62.4 Å². The molecule has 2 N–H and O–H groups in total. The van der Waals surface area contributed by atoms with Gasteiger partial charge in [-0.2, -0.15) is 0 Å². The SMILES string of the molecule is C=CCCC(=O)NC[C@H](OC(=O)[C@@H]1[C@@H]2CC[C@]3(O2)[C@H](C(=O)N(CC=C)c2cc(C)ccc2C)N(CCCO)C(=O)[C@@H]13)c1ccccc1. The number of rotatable bonds is 15. The standard InChI is InChI=1S/C37H45N3O7/c1-5-7-14-30(42)38-23-29(26-12-9-8-10-13-26)46-36(45)31-28-17-18-37(47-28)32(31)34(43)40(20-11-21-41)33(37)35(44)39(19-6-2)27-22-24(3)15-16-25(27)4/h5-6,8-10,12-13,15-16,22,28-29,31-33,41H,1-2,7,11,14,17-21,23H2,3-4H3,(H,38,42)/t28-,29-,31+,32+,33-,37+/m0/s1. The first-order valence-electron chi connectivity index (χ1n) is 16.4. The molecule has 3 aliphatic rings. The molecule has 6 atom stereocenters. The van der Waals surface area contributed by atoms with Gasteiger partial charge in [0.2, 0.25) is 11.8 Å². The van der Waals surface area contributed by atoms with Crippen LogP contribution in [0.3, 0.4) is 0 Å². The van der Waals surface area contributed by atoms with E-state index in [4.69, 9.17) is 9.47 Å². The van der Waals surface area contributed by atoms with Crippen LogP contribution < -0.4 is 10.2 Å². The fourth-order valence-corrected chi connectivity index (χ4v) is 7.42. The Bertz CT molecular complexity index is 1510. The zero-order valence-electron chi connectivity index (χ0n) is 27.2. The van der Waals surface area contributed by atoms with E-state index in [0.29, 0.717) is 30.5 Å². The molecule has 0 radical (unpaired) electrons. The quantitative estimate of drug-likeness (QED) is 0.223. The Balaban J connectivity index is 1.46. The number of hydrogen-bond donors (Lipinski definition) is 2. The molecule has 0 saturated carbocycles. The molecule has 3 fully saturated rings. The summed E-state index contributed by atoms with van der Waals surface area (Å²) in [5.41, 5.74) is 2.07. The van der Waals surface area contributed by atoms with Crippen molar-refractivity contribution in [2.45, 2.75) is 69.8 Å². The fraction of sp³-hybridized carbons (Fsp3) is 0.459. The summed E-state index contributed by atoms with van der Waals surface area (Å²) in [6.45, 7) is 11.7. The lowest BCUT2D eigenvalue weighted by Gasteiger charge is -2.37. The molecule has 2 bridgehead atoms. The lowest BCUT2D eigenvalue weighted by atomic mass is 9.70. The maximum absolute atomic E-state index is 14.7. The van der Waals surface area contributed by atoms with Crippen molar-refractivity contribution in [1.29, 1.82) is 0 Å². The van der Waals surface area contributed by atoms with Crippen molar-refractivity contribution in [3.63, 3.8) is 0 Å². The van der Waals surface area contributed by atoms with Crippen molar-refractivity contribution in [3.8, 4) is 0 Å². The van der Waals surface area contributed by atoms with Crippen LogP contribution in [0.15, 0.2) is 73.8 Å². The monoisotopic (exact) mass is 643 g/mol. The largest absolute Gasteiger partial charge is 0.455 e. The van der Waals surface area contributed by atoms with Gasteiger partial charge in [0.05, 0.1) is 24.5 Å². The summed E-state index contributed by atoms with van der Waals surface area (Å²) < 4.78 is 12.7. The molecular formula is C37H45N3O7. The molecule has 1 spiro atoms. The first-order valence-corrected chi connectivity index (χ1v) is 16.4. The van der Waals surface area contributed by atoms with Gasteiger partial charge in [0.1, 0.15) is 17.7 Å². The zero-order chi connectivity index (χ0) is 33.7. The summed E-state index contributed by atoms with van der Waals surface area (Å²) in [7, 11) is 0. The molecule has 0 aromatic heterocycles. The first-order chi connectivity index (χ1) is 22.7. The van der Waals surface area contributed by atoms with Gasteiger partial charge in [-0.1, -0.05) is 54.6 Å². The number of aliphatic hydroxyl groups is 1. The molecule has 47 heavy (non-hydrogen) atoms. The number of allylic oxidation sites excluding steroid dienone is 1. The topological polar surface area (TPSA) is 125 Å². The van der Waals surface area contributed by atoms with Gasteiger partial charge in [0.15, 0.2) is 0 Å². The number of carbonyl (C=O) groups is 4. The van der Waals surface area contributed by atoms with Crippen LogP contribution >= 0.6 is 0 Å². The van der Waals surface area contributed by atoms with Crippen molar-refractivity contribution < 1.29 is 33.8 Å². The average molecular weight is 644 g/mol. The average Bonchev–Trinajstić information content (AvgIpc) is 3.72. The number of amides is 3. The predicted octanol–water partition coefficient (Wildman–Crippen LogP) is 3.95. The molecule has 0 aliphatic carbocycles. The van der Waals surface area contributed by atoms with Gasteiger partial charge in [-0.15, -0.1) is 13.2 Å². The van der Waals surface area contributed by atoms with E-state index in [2.05, 4.69) is 18.5 Å². The fourth-order valence-electron chi connectivity index (χ4n) is 7.42. The molecular weight excluding hydrogens is 598 g/mol. The van der Waals surface area contributed by atoms with Gasteiger partial charge in [-0.05, 0) is 62.3 Å². The molecule has 2 aromatic rings. The van der Waals surface area contributed by atoms with Gasteiger partial charge >= 0.3 is 5.97 Å². The number of carbonyl (C=O) groups excluding carboxylic acids is 4. The van der Waals surface area contributed by atoms with Crippen LogP contribution in [0.25, 0.3) is 0 Å². The summed E-state index contributed by atoms with van der Waals surface area (Å²) in [6.07, 6.45) is 3.89. The van der Waals surface area contributed by atoms with E-state index in [0.717, 1.165) is 11.1 Å². The van der Waals surface area contributed by atoms with E-state index in [1.165, 1.54) is 4.90 Å². The smallest absolute Gasteiger partial charge is 0.313 e. The Labute approximate surface area is 276 Å². The van der Waals surface area contributed by atoms with E-state index in [-0.39, 0.29) is 56.8 Å². The highest BCUT2D eigenvalue weighted by Crippen LogP contribution is 2.59. The number of ether oxygens (including phenoxy) is 2. The van der Waals surface area contributed by atoms with Crippen molar-refractivity contribution in [2.75, 3.05) is 31.1 Å². The van der Waals surface area contributed by atoms with Crippen LogP contribution in [-0.2, 0) is 28.7 Å². The lowest BCUT2D eigenvalue weighted by molar-refractivity contribution is -0.160. The number of benzene rings is 2. The molecule has 3 heterocycles. The Hall–Kier alpha value is -4.28. The molecule has 2 aromatic carbocycles. The Morgan fingerprint density at radius 3 is 2.64 bits per heavy atom. The minimum absolute atomic E-state index is 0.0593. The summed E-state index contributed by atoms with van der Waals surface area (Å²) in [5.74, 6) is -3.31. The number of esters is 1. The van der Waals surface area contributed by atoms with E-state index < -0.39 is 41.7 Å². The van der Waals surface area contributed by atoms with Crippen LogP contribution in [0.1, 0.15) is 54.9 Å². The Morgan fingerprint density at radius 1 is 1.17 bits per heavy atom. The molecule has 3 saturated heterocycles. The van der Waals surface area contributed by atoms with Crippen molar-refractivity contribution in [3.05, 3.63) is 90.5 Å². The van der Waals surface area contributed by atoms with Crippen LogP contribution in [-0.4, -0.2) is 77.7 Å². The highest BCUT2D eigenvalue weighted by Gasteiger charge is 2.75. The molecule has 10 nitrogen and oxygen atoms in total. The second-order valence-corrected chi connectivity index (χ2v) is 12.7. The van der Waals surface area contributed by atoms with Gasteiger partial charge in [-0.25, -0.2) is 0 Å². The van der Waals surface area contributed by atoms with Crippen molar-refractivity contribution in [2.24, 2.45) is 11.8 Å². The third-order valence-electron chi connectivity index (χ3n) is 9.59. The lowest BCUT2D eigenvalue weighted by Crippen LogP contribution is -2.56. The number of nitrogens with zero attached hydrogens (tertiary/aromatic N) is 2. The van der Waals surface area contributed by atoms with Crippen LogP contribution in [0.4, 0.5) is 5.69 Å². The number of nitrogens with one attached hydrogen (secondary N) is 1. The molecule has 3 amide bonds. The number of fused-ring (bicyclic) bond motifs is 1. The number of aliphatic hydroxyl groups excluding tert-OH is 1. The maximum atomic E-state index is 14.7. The molecule has 3 aliphatic heterocycles. The summed E-state index contributed by atoms with van der Waals surface area (Å²) in [5, 5.41) is 12.6. The number of aryl methyl sites for hydroxylation is 2. The minimum Gasteiger partial charge on any atom is -0.455 e. The van der Waals surface area contributed by atoms with Gasteiger partial charge in [-0.3, -0.25) is 19.2 Å². The van der Waals surface area contributed by atoms with Crippen LogP contribution in [0.2, 0.25) is 0 Å². The normalized spacial score (nSPS) is 24.8. The second kappa shape index (κ2) is 14.6. The van der Waals surface area contributed by atoms with Crippen LogP contribution in [0, 0.1) is 25.7 Å². The van der Waals surface area contributed by atoms with E-state index in [9.17, 15) is 24.3 Å². The maximum Gasteiger partial charge on any atom is 0.313 e. The predicted molar refractivity (Wildman–Crippen MR) is 177 cm³/mol. The van der Waals surface area contributed by atoms with E-state index in [1.54, 1.807) is 17.1 Å². The highest BCUT2D eigenvalue weighted by atomic mass is 16.6. The Morgan fingerprint density at radius 2 is 1.94 bits per heavy atom. The number of hydrogen-bond acceptors (Lipinski definition) is 7. The van der Waals surface area contributed by atoms with E-state index >= 15 is 0 Å². The summed E-state index contributed by atoms with van der Waals surface area (Å²) >= 11 is 0. The van der Waals surface area contributed by atoms with Gasteiger partial charge < -0.3 is 29.7 Å². The highest BCUT2D eigenvalue weighted by molar-refractivity contribution is 6.05. The molecule has 250 valence electrons.